The molecule has 2 unspecified atom stereocenters. The summed E-state index contributed by atoms with van der Waals surface area (Å²) in [5.41, 5.74) is 7.19. The minimum atomic E-state index is 0.451. The zero-order valence-electron chi connectivity index (χ0n) is 13.3. The Hall–Kier alpha value is -0.340. The third kappa shape index (κ3) is 3.65. The van der Waals surface area contributed by atoms with Crippen molar-refractivity contribution in [1.29, 1.82) is 0 Å². The summed E-state index contributed by atoms with van der Waals surface area (Å²) in [6, 6.07) is 2.30. The van der Waals surface area contributed by atoms with E-state index in [0.717, 1.165) is 13.0 Å². The van der Waals surface area contributed by atoms with E-state index in [1.54, 1.807) is 0 Å². The summed E-state index contributed by atoms with van der Waals surface area (Å²) in [5.74, 6) is 0. The molecule has 0 saturated carbocycles. The van der Waals surface area contributed by atoms with Crippen LogP contribution in [0.1, 0.15) is 64.7 Å². The van der Waals surface area contributed by atoms with E-state index in [9.17, 15) is 0 Å². The van der Waals surface area contributed by atoms with Crippen LogP contribution in [0.15, 0.2) is 6.07 Å². The van der Waals surface area contributed by atoms with Gasteiger partial charge in [0.2, 0.25) is 0 Å². The maximum Gasteiger partial charge on any atom is 0.0575 e. The van der Waals surface area contributed by atoms with Crippen LogP contribution in [0.2, 0.25) is 0 Å². The van der Waals surface area contributed by atoms with Gasteiger partial charge in [-0.15, -0.1) is 0 Å². The zero-order chi connectivity index (χ0) is 14.7. The number of hydrogen-bond acceptors (Lipinski definition) is 1. The molecule has 0 bridgehead atoms. The highest BCUT2D eigenvalue weighted by atomic mass is 79.9. The van der Waals surface area contributed by atoms with Crippen molar-refractivity contribution < 1.29 is 4.74 Å². The second-order valence-corrected chi connectivity index (χ2v) is 7.31. The summed E-state index contributed by atoms with van der Waals surface area (Å²) in [4.78, 5) is 0.451. The highest BCUT2D eigenvalue weighted by molar-refractivity contribution is 9.09. The Morgan fingerprint density at radius 1 is 1.15 bits per heavy atom. The highest BCUT2D eigenvalue weighted by Crippen LogP contribution is 2.36. The second kappa shape index (κ2) is 7.09. The Labute approximate surface area is 132 Å². The van der Waals surface area contributed by atoms with E-state index in [4.69, 9.17) is 4.74 Å². The number of alkyl halides is 1. The predicted octanol–water partition coefficient (Wildman–Crippen LogP) is 5.71. The van der Waals surface area contributed by atoms with Crippen molar-refractivity contribution in [3.05, 3.63) is 33.9 Å². The van der Waals surface area contributed by atoms with Crippen molar-refractivity contribution in [2.75, 3.05) is 6.61 Å². The molecule has 1 aliphatic heterocycles. The normalized spacial score (nSPS) is 20.9. The lowest BCUT2D eigenvalue weighted by Crippen LogP contribution is -2.19. The standard InChI is InChI=1S/C18H27BrO/c1-12-11-13(2)15(4)18(14(12)3)17(19)9-8-16-7-5-6-10-20-16/h11,16-17H,5-10H2,1-4H3. The molecule has 1 nitrogen and oxygen atoms in total. The van der Waals surface area contributed by atoms with Gasteiger partial charge < -0.3 is 4.74 Å². The van der Waals surface area contributed by atoms with Crippen LogP contribution in [0.5, 0.6) is 0 Å². The first-order valence-corrected chi connectivity index (χ1v) is 8.75. The molecule has 2 atom stereocenters. The quantitative estimate of drug-likeness (QED) is 0.639. The number of benzene rings is 1. The third-order valence-electron chi connectivity index (χ3n) is 4.75. The largest absolute Gasteiger partial charge is 0.378 e. The minimum Gasteiger partial charge on any atom is -0.378 e. The van der Waals surface area contributed by atoms with Gasteiger partial charge in [-0.05, 0) is 87.6 Å². The SMILES string of the molecule is Cc1cc(C)c(C)c(C(Br)CCC2CCCCO2)c1C. The van der Waals surface area contributed by atoms with Crippen LogP contribution in [0.3, 0.4) is 0 Å². The number of rotatable bonds is 4. The van der Waals surface area contributed by atoms with Crippen molar-refractivity contribution in [2.24, 2.45) is 0 Å². The van der Waals surface area contributed by atoms with Crippen molar-refractivity contribution in [1.82, 2.24) is 0 Å². The smallest absolute Gasteiger partial charge is 0.0575 e. The van der Waals surface area contributed by atoms with Gasteiger partial charge in [0.25, 0.3) is 0 Å². The average Bonchev–Trinajstić information content (AvgIpc) is 2.44. The molecule has 1 fully saturated rings. The van der Waals surface area contributed by atoms with E-state index in [0.29, 0.717) is 10.9 Å². The highest BCUT2D eigenvalue weighted by Gasteiger charge is 2.19. The average molecular weight is 339 g/mol. The van der Waals surface area contributed by atoms with Gasteiger partial charge in [0, 0.05) is 11.4 Å². The molecular formula is C18H27BrO. The van der Waals surface area contributed by atoms with Gasteiger partial charge in [-0.2, -0.15) is 0 Å². The van der Waals surface area contributed by atoms with Crippen LogP contribution >= 0.6 is 15.9 Å². The van der Waals surface area contributed by atoms with Gasteiger partial charge in [-0.25, -0.2) is 0 Å². The maximum atomic E-state index is 5.85. The van der Waals surface area contributed by atoms with Gasteiger partial charge in [0.1, 0.15) is 0 Å². The molecule has 1 aliphatic rings. The number of ether oxygens (including phenoxy) is 1. The van der Waals surface area contributed by atoms with Gasteiger partial charge in [-0.1, -0.05) is 22.0 Å². The van der Waals surface area contributed by atoms with Crippen LogP contribution < -0.4 is 0 Å². The fourth-order valence-corrected chi connectivity index (χ4v) is 4.18. The molecule has 20 heavy (non-hydrogen) atoms. The first-order valence-electron chi connectivity index (χ1n) is 7.83. The van der Waals surface area contributed by atoms with Crippen LogP contribution in [-0.4, -0.2) is 12.7 Å². The lowest BCUT2D eigenvalue weighted by Gasteiger charge is -2.25. The minimum absolute atomic E-state index is 0.451. The lowest BCUT2D eigenvalue weighted by atomic mass is 9.90. The molecule has 112 valence electrons. The van der Waals surface area contributed by atoms with Gasteiger partial charge >= 0.3 is 0 Å². The molecule has 0 aromatic heterocycles. The van der Waals surface area contributed by atoms with Crippen LogP contribution in [0, 0.1) is 27.7 Å². The van der Waals surface area contributed by atoms with Crippen molar-refractivity contribution in [3.8, 4) is 0 Å². The summed E-state index contributed by atoms with van der Waals surface area (Å²) in [6.45, 7) is 9.90. The molecule has 0 radical (unpaired) electrons. The van der Waals surface area contributed by atoms with Crippen molar-refractivity contribution >= 4 is 15.9 Å². The molecule has 0 N–H and O–H groups in total. The molecule has 0 amide bonds. The van der Waals surface area contributed by atoms with Crippen LogP contribution in [0.25, 0.3) is 0 Å². The first-order chi connectivity index (χ1) is 9.50. The van der Waals surface area contributed by atoms with E-state index >= 15 is 0 Å². The fraction of sp³-hybridized carbons (Fsp3) is 0.667. The van der Waals surface area contributed by atoms with Crippen molar-refractivity contribution in [3.63, 3.8) is 0 Å². The van der Waals surface area contributed by atoms with Crippen molar-refractivity contribution in [2.45, 2.75) is 70.7 Å². The summed E-state index contributed by atoms with van der Waals surface area (Å²) in [7, 11) is 0. The number of halogens is 1. The van der Waals surface area contributed by atoms with Crippen LogP contribution in [0.4, 0.5) is 0 Å². The molecule has 2 rings (SSSR count). The Kier molecular flexibility index (Phi) is 5.68. The Bertz CT molecular complexity index is 435. The van der Waals surface area contributed by atoms with Gasteiger partial charge in [0.15, 0.2) is 0 Å². The number of aryl methyl sites for hydroxylation is 2. The first kappa shape index (κ1) is 16.0. The summed E-state index contributed by atoms with van der Waals surface area (Å²) in [5, 5.41) is 0. The van der Waals surface area contributed by atoms with E-state index in [1.165, 1.54) is 53.5 Å². The second-order valence-electron chi connectivity index (χ2n) is 6.21. The third-order valence-corrected chi connectivity index (χ3v) is 5.67. The van der Waals surface area contributed by atoms with Gasteiger partial charge in [-0.3, -0.25) is 0 Å². The molecule has 1 aromatic carbocycles. The molecule has 1 heterocycles. The Morgan fingerprint density at radius 3 is 2.35 bits per heavy atom. The summed E-state index contributed by atoms with van der Waals surface area (Å²) in [6.07, 6.45) is 6.62. The molecule has 1 saturated heterocycles. The van der Waals surface area contributed by atoms with E-state index < -0.39 is 0 Å². The monoisotopic (exact) mass is 338 g/mol. The predicted molar refractivity (Wildman–Crippen MR) is 89.9 cm³/mol. The van der Waals surface area contributed by atoms with E-state index in [2.05, 4.69) is 49.7 Å². The molecule has 1 aromatic rings. The topological polar surface area (TPSA) is 9.23 Å². The Morgan fingerprint density at radius 2 is 1.80 bits per heavy atom. The molecule has 2 heteroatoms. The summed E-state index contributed by atoms with van der Waals surface area (Å²) >= 11 is 3.93. The number of hydrogen-bond donors (Lipinski definition) is 0. The fourth-order valence-electron chi connectivity index (χ4n) is 3.23. The molecular weight excluding hydrogens is 312 g/mol. The molecule has 0 spiro atoms. The lowest BCUT2D eigenvalue weighted by molar-refractivity contribution is 0.0101. The van der Waals surface area contributed by atoms with Gasteiger partial charge in [0.05, 0.1) is 6.10 Å². The zero-order valence-corrected chi connectivity index (χ0v) is 14.8. The van der Waals surface area contributed by atoms with Crippen LogP contribution in [-0.2, 0) is 4.74 Å². The molecule has 0 aliphatic carbocycles. The Balaban J connectivity index is 2.06. The van der Waals surface area contributed by atoms with E-state index in [1.807, 2.05) is 0 Å². The van der Waals surface area contributed by atoms with E-state index in [-0.39, 0.29) is 0 Å². The summed E-state index contributed by atoms with van der Waals surface area (Å²) < 4.78 is 5.85. The maximum absolute atomic E-state index is 5.85.